The highest BCUT2D eigenvalue weighted by Crippen LogP contribution is 2.43. The summed E-state index contributed by atoms with van der Waals surface area (Å²) in [6, 6.07) is 61.8. The van der Waals surface area contributed by atoms with Gasteiger partial charge < -0.3 is 4.57 Å². The quantitative estimate of drug-likeness (QED) is 0.169. The van der Waals surface area contributed by atoms with Gasteiger partial charge in [0.1, 0.15) is 0 Å². The van der Waals surface area contributed by atoms with Crippen molar-refractivity contribution >= 4 is 92.9 Å². The molecule has 3 aromatic heterocycles. The Labute approximate surface area is 339 Å². The molecule has 1 aliphatic rings. The van der Waals surface area contributed by atoms with Crippen LogP contribution >= 0.6 is 0 Å². The van der Waals surface area contributed by atoms with E-state index in [1.165, 1.54) is 76.0 Å². The van der Waals surface area contributed by atoms with E-state index < -0.39 is 0 Å². The summed E-state index contributed by atoms with van der Waals surface area (Å²) in [5.41, 5.74) is 11.5. The van der Waals surface area contributed by atoms with Crippen molar-refractivity contribution in [3.8, 4) is 22.9 Å². The zero-order chi connectivity index (χ0) is 38.8. The molecule has 0 N–H and O–H groups in total. The van der Waals surface area contributed by atoms with Gasteiger partial charge in [-0.3, -0.25) is 4.57 Å². The highest BCUT2D eigenvalue weighted by molar-refractivity contribution is 6.22. The zero-order valence-electron chi connectivity index (χ0n) is 32.4. The van der Waals surface area contributed by atoms with Crippen molar-refractivity contribution in [1.29, 1.82) is 0 Å². The topological polar surface area (TPSA) is 35.6 Å². The van der Waals surface area contributed by atoms with Crippen LogP contribution in [0.25, 0.3) is 116 Å². The minimum Gasteiger partial charge on any atom is -0.309 e. The van der Waals surface area contributed by atoms with Gasteiger partial charge in [0.15, 0.2) is 0 Å². The molecule has 0 amide bonds. The van der Waals surface area contributed by atoms with Crippen molar-refractivity contribution in [1.82, 2.24) is 19.1 Å². The smallest absolute Gasteiger partial charge is 0.235 e. The first-order chi connectivity index (χ1) is 29.2. The molecule has 59 heavy (non-hydrogen) atoms. The second kappa shape index (κ2) is 12.2. The minimum atomic E-state index is 0.503. The molecule has 0 saturated heterocycles. The monoisotopic (exact) mass is 752 g/mol. The van der Waals surface area contributed by atoms with Gasteiger partial charge in [0.2, 0.25) is 5.95 Å². The molecule has 1 unspecified atom stereocenters. The van der Waals surface area contributed by atoms with E-state index in [1.54, 1.807) is 0 Å². The SMILES string of the molecule is CC1C=Cc2ccc3c(c2C1)c1ccccc1n3-c1ccc2c(c1)c1c3ccccc3ccc1n2-c1nc(-c2cc3ccccc3c3ccccc23)c2ccccc2n1. The minimum absolute atomic E-state index is 0.503. The molecule has 3 heterocycles. The van der Waals surface area contributed by atoms with Crippen LogP contribution in [0, 0.1) is 5.92 Å². The maximum absolute atomic E-state index is 5.59. The van der Waals surface area contributed by atoms with Crippen LogP contribution in [0.1, 0.15) is 18.1 Å². The lowest BCUT2D eigenvalue weighted by atomic mass is 9.88. The molecule has 4 nitrogen and oxygen atoms in total. The second-order valence-electron chi connectivity index (χ2n) is 16.2. The van der Waals surface area contributed by atoms with Crippen molar-refractivity contribution in [2.24, 2.45) is 5.92 Å². The summed E-state index contributed by atoms with van der Waals surface area (Å²) in [6.07, 6.45) is 5.69. The van der Waals surface area contributed by atoms with E-state index in [0.717, 1.165) is 45.3 Å². The van der Waals surface area contributed by atoms with E-state index in [9.17, 15) is 0 Å². The van der Waals surface area contributed by atoms with E-state index in [1.807, 2.05) is 0 Å². The van der Waals surface area contributed by atoms with Crippen LogP contribution in [0.15, 0.2) is 176 Å². The Balaban J connectivity index is 1.12. The first kappa shape index (κ1) is 32.5. The van der Waals surface area contributed by atoms with E-state index >= 15 is 0 Å². The second-order valence-corrected chi connectivity index (χ2v) is 16.2. The van der Waals surface area contributed by atoms with Crippen LogP contribution in [0.5, 0.6) is 0 Å². The Morgan fingerprint density at radius 1 is 0.475 bits per heavy atom. The lowest BCUT2D eigenvalue weighted by Gasteiger charge is -2.17. The fourth-order valence-corrected chi connectivity index (χ4v) is 10.2. The molecular formula is C55H36N4. The highest BCUT2D eigenvalue weighted by atomic mass is 15.2. The lowest BCUT2D eigenvalue weighted by Crippen LogP contribution is -2.04. The van der Waals surface area contributed by atoms with Gasteiger partial charge in [-0.25, -0.2) is 9.97 Å². The normalized spacial score (nSPS) is 14.2. The third-order valence-corrected chi connectivity index (χ3v) is 12.8. The van der Waals surface area contributed by atoms with Crippen LogP contribution in [0.3, 0.4) is 0 Å². The number of hydrogen-bond acceptors (Lipinski definition) is 2. The van der Waals surface area contributed by atoms with Crippen LogP contribution in [0.4, 0.5) is 0 Å². The number of benzene rings is 9. The average molecular weight is 753 g/mol. The summed E-state index contributed by atoms with van der Waals surface area (Å²) in [5.74, 6) is 1.16. The predicted octanol–water partition coefficient (Wildman–Crippen LogP) is 14.2. The summed E-state index contributed by atoms with van der Waals surface area (Å²) in [5, 5.41) is 13.3. The number of nitrogens with zero attached hydrogens (tertiary/aromatic N) is 4. The van der Waals surface area contributed by atoms with Crippen LogP contribution in [0.2, 0.25) is 0 Å². The van der Waals surface area contributed by atoms with Gasteiger partial charge in [0.25, 0.3) is 0 Å². The van der Waals surface area contributed by atoms with Gasteiger partial charge in [-0.2, -0.15) is 0 Å². The molecule has 0 radical (unpaired) electrons. The molecule has 0 aliphatic heterocycles. The fourth-order valence-electron chi connectivity index (χ4n) is 10.2. The van der Waals surface area contributed by atoms with Crippen molar-refractivity contribution in [2.45, 2.75) is 13.3 Å². The highest BCUT2D eigenvalue weighted by Gasteiger charge is 2.23. The molecule has 0 spiro atoms. The van der Waals surface area contributed by atoms with Gasteiger partial charge in [0.05, 0.1) is 33.3 Å². The summed E-state index contributed by atoms with van der Waals surface area (Å²) in [4.78, 5) is 11.0. The number of aromatic nitrogens is 4. The summed E-state index contributed by atoms with van der Waals surface area (Å²) < 4.78 is 4.76. The molecule has 1 atom stereocenters. The van der Waals surface area contributed by atoms with Gasteiger partial charge >= 0.3 is 0 Å². The zero-order valence-corrected chi connectivity index (χ0v) is 32.4. The summed E-state index contributed by atoms with van der Waals surface area (Å²) in [7, 11) is 0. The number of hydrogen-bond donors (Lipinski definition) is 0. The molecule has 0 bridgehead atoms. The van der Waals surface area contributed by atoms with Gasteiger partial charge in [0, 0.05) is 38.2 Å². The molecule has 0 saturated carbocycles. The van der Waals surface area contributed by atoms with Crippen molar-refractivity contribution in [3.05, 3.63) is 187 Å². The van der Waals surface area contributed by atoms with Gasteiger partial charge in [-0.1, -0.05) is 140 Å². The Morgan fingerprint density at radius 2 is 1.14 bits per heavy atom. The van der Waals surface area contributed by atoms with Crippen LogP contribution in [-0.4, -0.2) is 19.1 Å². The maximum atomic E-state index is 5.59. The van der Waals surface area contributed by atoms with Gasteiger partial charge in [-0.05, 0) is 104 Å². The standard InChI is InChI=1S/C55H36N4/c1-33-22-23-35-25-27-50-53(44(35)30-33)43-19-9-11-21-48(43)58(50)37-26-29-49-46(32-37)52-39-15-5-2-12-34(39)24-28-51(52)59(49)55-56-47-20-10-8-18-42(47)54(57-55)45-31-36-13-3-4-14-38(36)40-16-6-7-17-41(40)45/h2-29,31-33H,30H2,1H3. The summed E-state index contributed by atoms with van der Waals surface area (Å²) in [6.45, 7) is 2.32. The molecule has 1 aliphatic carbocycles. The maximum Gasteiger partial charge on any atom is 0.235 e. The van der Waals surface area contributed by atoms with Crippen molar-refractivity contribution in [3.63, 3.8) is 0 Å². The van der Waals surface area contributed by atoms with Crippen LogP contribution in [-0.2, 0) is 6.42 Å². The third-order valence-electron chi connectivity index (χ3n) is 12.8. The van der Waals surface area contributed by atoms with Crippen LogP contribution < -0.4 is 0 Å². The molecule has 4 heteroatoms. The number of rotatable bonds is 3. The van der Waals surface area contributed by atoms with Gasteiger partial charge in [-0.15, -0.1) is 0 Å². The van der Waals surface area contributed by atoms with E-state index in [0.29, 0.717) is 11.9 Å². The molecule has 9 aromatic carbocycles. The molecule has 0 fully saturated rings. The van der Waals surface area contributed by atoms with E-state index in [2.05, 4.69) is 198 Å². The lowest BCUT2D eigenvalue weighted by molar-refractivity contribution is 0.721. The van der Waals surface area contributed by atoms with Crippen molar-refractivity contribution < 1.29 is 0 Å². The molecule has 13 rings (SSSR count). The van der Waals surface area contributed by atoms with Crippen molar-refractivity contribution in [2.75, 3.05) is 0 Å². The first-order valence-corrected chi connectivity index (χ1v) is 20.6. The Morgan fingerprint density at radius 3 is 2.02 bits per heavy atom. The summed E-state index contributed by atoms with van der Waals surface area (Å²) >= 11 is 0. The fraction of sp³-hybridized carbons (Fsp3) is 0.0545. The Hall–Kier alpha value is -7.56. The molecule has 12 aromatic rings. The molecule has 276 valence electrons. The number of para-hydroxylation sites is 2. The first-order valence-electron chi connectivity index (χ1n) is 20.6. The number of allylic oxidation sites excluding steroid dienone is 1. The molecular weight excluding hydrogens is 717 g/mol. The van der Waals surface area contributed by atoms with E-state index in [4.69, 9.17) is 9.97 Å². The number of fused-ring (bicyclic) bond motifs is 14. The largest absolute Gasteiger partial charge is 0.309 e. The Bertz CT molecular complexity index is 3790. The Kier molecular flexibility index (Phi) is 6.74. The predicted molar refractivity (Wildman–Crippen MR) is 248 cm³/mol. The average Bonchev–Trinajstić information content (AvgIpc) is 3.81. The van der Waals surface area contributed by atoms with E-state index in [-0.39, 0.29) is 0 Å². The third kappa shape index (κ3) is 4.66.